The second kappa shape index (κ2) is 5.28. The molecule has 0 bridgehead atoms. The molecule has 0 fully saturated rings. The first kappa shape index (κ1) is 14.6. The van der Waals surface area contributed by atoms with E-state index in [0.29, 0.717) is 15.6 Å². The number of nitrogens with zero attached hydrogens (tertiary/aromatic N) is 1. The van der Waals surface area contributed by atoms with E-state index in [1.165, 1.54) is 18.2 Å². The maximum Gasteiger partial charge on any atom is 0.434 e. The molecule has 102 valence electrons. The quantitative estimate of drug-likeness (QED) is 0.876. The van der Waals surface area contributed by atoms with Gasteiger partial charge in [-0.3, -0.25) is 0 Å². The second-order valence-electron chi connectivity index (χ2n) is 3.65. The second-order valence-corrected chi connectivity index (χ2v) is 5.61. The molecule has 8 heteroatoms. The van der Waals surface area contributed by atoms with Crippen LogP contribution in [-0.2, 0) is 12.7 Å². The van der Waals surface area contributed by atoms with Gasteiger partial charge in [0.2, 0.25) is 0 Å². The standard InChI is InChI=1S/C11H7Cl2F3N2S/c12-6-1-5(2-7(13)3-6)10-18-9(11(14,15)16)8(4-17)19-10/h1-3H,4,17H2. The summed E-state index contributed by atoms with van der Waals surface area (Å²) in [5.74, 6) is 0. The molecule has 1 aromatic carbocycles. The Morgan fingerprint density at radius 1 is 1.16 bits per heavy atom. The van der Waals surface area contributed by atoms with Crippen molar-refractivity contribution in [2.24, 2.45) is 5.73 Å². The third-order valence-corrected chi connectivity index (χ3v) is 3.82. The van der Waals surface area contributed by atoms with Gasteiger partial charge < -0.3 is 5.73 Å². The number of halogens is 5. The Kier molecular flexibility index (Phi) is 4.06. The third kappa shape index (κ3) is 3.20. The molecule has 1 aromatic heterocycles. The minimum Gasteiger partial charge on any atom is -0.326 e. The number of nitrogens with two attached hydrogens (primary N) is 1. The summed E-state index contributed by atoms with van der Waals surface area (Å²) in [6.07, 6.45) is -4.52. The predicted molar refractivity (Wildman–Crippen MR) is 70.5 cm³/mol. The van der Waals surface area contributed by atoms with Crippen LogP contribution in [0.1, 0.15) is 10.6 Å². The minimum absolute atomic E-state index is 0.0152. The van der Waals surface area contributed by atoms with Crippen molar-refractivity contribution >= 4 is 34.5 Å². The molecule has 0 atom stereocenters. The zero-order valence-electron chi connectivity index (χ0n) is 9.26. The van der Waals surface area contributed by atoms with Crippen molar-refractivity contribution in [2.45, 2.75) is 12.7 Å². The zero-order valence-corrected chi connectivity index (χ0v) is 11.6. The van der Waals surface area contributed by atoms with E-state index >= 15 is 0 Å². The molecular weight excluding hydrogens is 320 g/mol. The molecule has 1 heterocycles. The number of aromatic nitrogens is 1. The molecule has 0 aliphatic rings. The highest BCUT2D eigenvalue weighted by Gasteiger charge is 2.37. The van der Waals surface area contributed by atoms with Crippen molar-refractivity contribution in [3.8, 4) is 10.6 Å². The number of hydrogen-bond acceptors (Lipinski definition) is 3. The predicted octanol–water partition coefficient (Wildman–Crippen LogP) is 4.59. The summed E-state index contributed by atoms with van der Waals surface area (Å²) in [6.45, 7) is -0.221. The summed E-state index contributed by atoms with van der Waals surface area (Å²) in [7, 11) is 0. The van der Waals surface area contributed by atoms with Crippen LogP contribution in [-0.4, -0.2) is 4.98 Å². The van der Waals surface area contributed by atoms with Crippen LogP contribution < -0.4 is 5.73 Å². The third-order valence-electron chi connectivity index (χ3n) is 2.26. The van der Waals surface area contributed by atoms with Gasteiger partial charge in [-0.15, -0.1) is 11.3 Å². The van der Waals surface area contributed by atoms with Crippen LogP contribution in [0.2, 0.25) is 10.0 Å². The summed E-state index contributed by atoms with van der Waals surface area (Å²) in [5.41, 5.74) is 4.80. The number of alkyl halides is 3. The van der Waals surface area contributed by atoms with Crippen LogP contribution in [0.25, 0.3) is 10.6 Å². The van der Waals surface area contributed by atoms with E-state index in [-0.39, 0.29) is 16.4 Å². The smallest absolute Gasteiger partial charge is 0.326 e. The molecule has 2 nitrogen and oxygen atoms in total. The first-order valence-corrected chi connectivity index (χ1v) is 6.62. The zero-order chi connectivity index (χ0) is 14.2. The lowest BCUT2D eigenvalue weighted by atomic mass is 10.2. The van der Waals surface area contributed by atoms with Crippen LogP contribution in [0.5, 0.6) is 0 Å². The van der Waals surface area contributed by atoms with E-state index in [1.54, 1.807) is 0 Å². The van der Waals surface area contributed by atoms with Gasteiger partial charge in [0.05, 0.1) is 4.88 Å². The van der Waals surface area contributed by atoms with Gasteiger partial charge >= 0.3 is 6.18 Å². The topological polar surface area (TPSA) is 38.9 Å². The maximum absolute atomic E-state index is 12.8. The molecule has 2 rings (SSSR count). The molecular formula is C11H7Cl2F3N2S. The summed E-state index contributed by atoms with van der Waals surface area (Å²) in [4.78, 5) is 3.59. The summed E-state index contributed by atoms with van der Waals surface area (Å²) >= 11 is 12.5. The van der Waals surface area contributed by atoms with Gasteiger partial charge in [-0.1, -0.05) is 23.2 Å². The Morgan fingerprint density at radius 3 is 2.16 bits per heavy atom. The van der Waals surface area contributed by atoms with Crippen molar-refractivity contribution in [3.63, 3.8) is 0 Å². The number of hydrogen-bond donors (Lipinski definition) is 1. The van der Waals surface area contributed by atoms with Crippen LogP contribution in [0, 0.1) is 0 Å². The normalized spacial score (nSPS) is 11.9. The number of rotatable bonds is 2. The SMILES string of the molecule is NCc1sc(-c2cc(Cl)cc(Cl)c2)nc1C(F)(F)F. The fraction of sp³-hybridized carbons (Fsp3) is 0.182. The molecule has 0 aliphatic heterocycles. The molecule has 2 aromatic rings. The molecule has 0 unspecified atom stereocenters. The van der Waals surface area contributed by atoms with Gasteiger partial charge in [-0.25, -0.2) is 4.98 Å². The molecule has 19 heavy (non-hydrogen) atoms. The van der Waals surface area contributed by atoms with Crippen LogP contribution in [0.4, 0.5) is 13.2 Å². The van der Waals surface area contributed by atoms with Gasteiger partial charge in [0.15, 0.2) is 5.69 Å². The Hall–Kier alpha value is -0.820. The minimum atomic E-state index is -4.52. The molecule has 0 amide bonds. The van der Waals surface area contributed by atoms with E-state index in [0.717, 1.165) is 11.3 Å². The number of thiazole rings is 1. The first-order valence-electron chi connectivity index (χ1n) is 5.04. The average Bonchev–Trinajstić information content (AvgIpc) is 2.71. The van der Waals surface area contributed by atoms with E-state index in [2.05, 4.69) is 4.98 Å². The van der Waals surface area contributed by atoms with Gasteiger partial charge in [-0.2, -0.15) is 13.2 Å². The highest BCUT2D eigenvalue weighted by atomic mass is 35.5. The highest BCUT2D eigenvalue weighted by Crippen LogP contribution is 2.38. The summed E-state index contributed by atoms with van der Waals surface area (Å²) in [6, 6.07) is 4.51. The van der Waals surface area contributed by atoms with Crippen molar-refractivity contribution in [1.82, 2.24) is 4.98 Å². The van der Waals surface area contributed by atoms with Gasteiger partial charge in [-0.05, 0) is 18.2 Å². The fourth-order valence-corrected chi connectivity index (χ4v) is 2.99. The van der Waals surface area contributed by atoms with Crippen molar-refractivity contribution in [2.75, 3.05) is 0 Å². The lowest BCUT2D eigenvalue weighted by Gasteiger charge is -2.03. The largest absolute Gasteiger partial charge is 0.434 e. The lowest BCUT2D eigenvalue weighted by Crippen LogP contribution is -2.10. The molecule has 0 radical (unpaired) electrons. The molecule has 0 saturated carbocycles. The maximum atomic E-state index is 12.8. The van der Waals surface area contributed by atoms with Gasteiger partial charge in [0, 0.05) is 22.2 Å². The van der Waals surface area contributed by atoms with Crippen molar-refractivity contribution < 1.29 is 13.2 Å². The van der Waals surface area contributed by atoms with Crippen LogP contribution in [0.3, 0.4) is 0 Å². The summed E-state index contributed by atoms with van der Waals surface area (Å²) in [5, 5.41) is 0.860. The molecule has 2 N–H and O–H groups in total. The highest BCUT2D eigenvalue weighted by molar-refractivity contribution is 7.15. The van der Waals surface area contributed by atoms with Gasteiger partial charge in [0.25, 0.3) is 0 Å². The van der Waals surface area contributed by atoms with E-state index < -0.39 is 11.9 Å². The van der Waals surface area contributed by atoms with Crippen molar-refractivity contribution in [1.29, 1.82) is 0 Å². The Balaban J connectivity index is 2.55. The van der Waals surface area contributed by atoms with E-state index in [4.69, 9.17) is 28.9 Å². The number of benzene rings is 1. The Morgan fingerprint density at radius 2 is 1.74 bits per heavy atom. The molecule has 0 saturated heterocycles. The Labute approximate surface area is 121 Å². The Bertz CT molecular complexity index is 590. The van der Waals surface area contributed by atoms with E-state index in [1.807, 2.05) is 0 Å². The molecule has 0 spiro atoms. The lowest BCUT2D eigenvalue weighted by molar-refractivity contribution is -0.141. The monoisotopic (exact) mass is 326 g/mol. The fourth-order valence-electron chi connectivity index (χ4n) is 1.51. The van der Waals surface area contributed by atoms with Crippen LogP contribution in [0.15, 0.2) is 18.2 Å². The summed E-state index contributed by atoms with van der Waals surface area (Å²) < 4.78 is 38.3. The first-order chi connectivity index (χ1) is 8.81. The van der Waals surface area contributed by atoms with Gasteiger partial charge in [0.1, 0.15) is 5.01 Å². The van der Waals surface area contributed by atoms with Crippen LogP contribution >= 0.6 is 34.5 Å². The molecule has 0 aliphatic carbocycles. The van der Waals surface area contributed by atoms with Crippen molar-refractivity contribution in [3.05, 3.63) is 38.8 Å². The average molecular weight is 327 g/mol. The van der Waals surface area contributed by atoms with E-state index in [9.17, 15) is 13.2 Å².